The topological polar surface area (TPSA) is 83.6 Å². The van der Waals surface area contributed by atoms with Crippen molar-refractivity contribution in [3.8, 4) is 11.4 Å². The maximum Gasteiger partial charge on any atom is 0.248 e. The Balaban J connectivity index is 1.55. The van der Waals surface area contributed by atoms with E-state index in [0.29, 0.717) is 22.1 Å². The van der Waals surface area contributed by atoms with Gasteiger partial charge in [0.1, 0.15) is 0 Å². The fourth-order valence-corrected chi connectivity index (χ4v) is 2.93. The lowest BCUT2D eigenvalue weighted by molar-refractivity contribution is -0.111. The molecule has 0 fully saturated rings. The summed E-state index contributed by atoms with van der Waals surface area (Å²) in [6.07, 6.45) is 3.25. The zero-order valence-electron chi connectivity index (χ0n) is 14.1. The lowest BCUT2D eigenvalue weighted by Crippen LogP contribution is -2.09. The van der Waals surface area contributed by atoms with Crippen LogP contribution in [0.25, 0.3) is 28.2 Å². The molecule has 0 saturated heterocycles. The van der Waals surface area contributed by atoms with Crippen molar-refractivity contribution in [1.82, 2.24) is 20.6 Å². The third kappa shape index (κ3) is 3.86. The minimum Gasteiger partial charge on any atom is -0.322 e. The normalized spacial score (nSPS) is 11.1. The predicted molar refractivity (Wildman–Crippen MR) is 106 cm³/mol. The molecule has 0 aliphatic rings. The Hall–Kier alpha value is -3.51. The molecule has 3 aromatic carbocycles. The molecule has 1 aromatic heterocycles. The van der Waals surface area contributed by atoms with E-state index in [9.17, 15) is 4.79 Å². The van der Waals surface area contributed by atoms with Gasteiger partial charge in [-0.2, -0.15) is 0 Å². The summed E-state index contributed by atoms with van der Waals surface area (Å²) in [5.41, 5.74) is 2.11. The minimum atomic E-state index is -0.279. The number of hydrogen-bond donors (Lipinski definition) is 2. The van der Waals surface area contributed by atoms with E-state index in [1.54, 1.807) is 24.3 Å². The van der Waals surface area contributed by atoms with Crippen molar-refractivity contribution in [2.75, 3.05) is 5.32 Å². The van der Waals surface area contributed by atoms with Crippen LogP contribution in [-0.4, -0.2) is 26.5 Å². The second-order valence-electron chi connectivity index (χ2n) is 5.87. The van der Waals surface area contributed by atoms with Gasteiger partial charge in [0.25, 0.3) is 0 Å². The van der Waals surface area contributed by atoms with E-state index in [1.807, 2.05) is 36.4 Å². The molecule has 6 nitrogen and oxygen atoms in total. The molecule has 0 aliphatic carbocycles. The highest BCUT2D eigenvalue weighted by molar-refractivity contribution is 6.31. The van der Waals surface area contributed by atoms with E-state index in [0.717, 1.165) is 16.3 Å². The largest absolute Gasteiger partial charge is 0.322 e. The molecule has 4 rings (SSSR count). The van der Waals surface area contributed by atoms with Gasteiger partial charge in [-0.05, 0) is 57.1 Å². The zero-order valence-corrected chi connectivity index (χ0v) is 14.8. The molecule has 0 spiro atoms. The quantitative estimate of drug-likeness (QED) is 0.520. The summed E-state index contributed by atoms with van der Waals surface area (Å²) < 4.78 is 0. The summed E-state index contributed by atoms with van der Waals surface area (Å²) in [6.45, 7) is 0. The van der Waals surface area contributed by atoms with Gasteiger partial charge in [0.15, 0.2) is 5.82 Å². The van der Waals surface area contributed by atoms with Gasteiger partial charge in [-0.25, -0.2) is 5.10 Å². The Bertz CT molecular complexity index is 1140. The van der Waals surface area contributed by atoms with E-state index >= 15 is 0 Å². The predicted octanol–water partition coefficient (Wildman–Crippen LogP) is 4.33. The minimum absolute atomic E-state index is 0.279. The van der Waals surface area contributed by atoms with Crippen molar-refractivity contribution >= 4 is 40.0 Å². The molecule has 1 amide bonds. The van der Waals surface area contributed by atoms with Gasteiger partial charge in [-0.15, -0.1) is 5.10 Å². The van der Waals surface area contributed by atoms with E-state index < -0.39 is 0 Å². The van der Waals surface area contributed by atoms with E-state index in [4.69, 9.17) is 11.6 Å². The van der Waals surface area contributed by atoms with Crippen LogP contribution in [0.4, 0.5) is 5.69 Å². The molecule has 2 N–H and O–H groups in total. The molecule has 0 unspecified atom stereocenters. The van der Waals surface area contributed by atoms with E-state index in [-0.39, 0.29) is 5.91 Å². The van der Waals surface area contributed by atoms with Crippen LogP contribution in [0.5, 0.6) is 0 Å². The summed E-state index contributed by atoms with van der Waals surface area (Å²) in [7, 11) is 0. The van der Waals surface area contributed by atoms with Gasteiger partial charge in [0.05, 0.1) is 5.69 Å². The number of tetrazole rings is 1. The molecule has 0 atom stereocenters. The molecule has 0 bridgehead atoms. The number of H-pyrrole nitrogens is 1. The van der Waals surface area contributed by atoms with Gasteiger partial charge in [0, 0.05) is 16.7 Å². The lowest BCUT2D eigenvalue weighted by atomic mass is 10.1. The first kappa shape index (κ1) is 16.9. The zero-order chi connectivity index (χ0) is 18.6. The van der Waals surface area contributed by atoms with E-state index in [1.165, 1.54) is 6.08 Å². The highest BCUT2D eigenvalue weighted by Gasteiger charge is 2.11. The molecular weight excluding hydrogens is 362 g/mol. The summed E-state index contributed by atoms with van der Waals surface area (Å²) in [5, 5.41) is 19.3. The molecule has 7 heteroatoms. The summed E-state index contributed by atoms with van der Waals surface area (Å²) >= 11 is 6.06. The average molecular weight is 376 g/mol. The SMILES string of the molecule is O=C(/C=C/c1ccc2ccccc2c1)Nc1cc(Cl)ccc1-c1nnn[nH]1. The first-order valence-electron chi connectivity index (χ1n) is 8.20. The van der Waals surface area contributed by atoms with Crippen LogP contribution in [0.3, 0.4) is 0 Å². The fourth-order valence-electron chi connectivity index (χ4n) is 2.76. The van der Waals surface area contributed by atoms with Gasteiger partial charge in [-0.3, -0.25) is 4.79 Å². The number of aromatic amines is 1. The third-order valence-electron chi connectivity index (χ3n) is 4.04. The number of rotatable bonds is 4. The average Bonchev–Trinajstić information content (AvgIpc) is 3.21. The van der Waals surface area contributed by atoms with Gasteiger partial charge < -0.3 is 5.32 Å². The van der Waals surface area contributed by atoms with E-state index in [2.05, 4.69) is 32.0 Å². The standard InChI is InChI=1S/C20H14ClN5O/c21-16-8-9-17(20-23-25-26-24-20)18(12-16)22-19(27)10-6-13-5-7-14-3-1-2-4-15(14)11-13/h1-12H,(H,22,27)(H,23,24,25,26)/b10-6+. The third-order valence-corrected chi connectivity index (χ3v) is 4.28. The lowest BCUT2D eigenvalue weighted by Gasteiger charge is -2.08. The maximum atomic E-state index is 12.4. The maximum absolute atomic E-state index is 12.4. The molecule has 0 radical (unpaired) electrons. The van der Waals surface area contributed by atoms with Crippen molar-refractivity contribution in [3.63, 3.8) is 0 Å². The van der Waals surface area contributed by atoms with Crippen molar-refractivity contribution in [3.05, 3.63) is 77.3 Å². The Kier molecular flexibility index (Phi) is 4.63. The summed E-state index contributed by atoms with van der Waals surface area (Å²) in [6, 6.07) is 19.2. The molecule has 4 aromatic rings. The van der Waals surface area contributed by atoms with Crippen LogP contribution in [0.2, 0.25) is 5.02 Å². The van der Waals surface area contributed by atoms with Crippen LogP contribution in [0.15, 0.2) is 66.7 Å². The first-order chi connectivity index (χ1) is 13.2. The van der Waals surface area contributed by atoms with Gasteiger partial charge >= 0.3 is 0 Å². The van der Waals surface area contributed by atoms with Crippen molar-refractivity contribution in [2.24, 2.45) is 0 Å². The van der Waals surface area contributed by atoms with Crippen LogP contribution in [0.1, 0.15) is 5.56 Å². The molecule has 0 aliphatic heterocycles. The number of benzene rings is 3. The number of fused-ring (bicyclic) bond motifs is 1. The van der Waals surface area contributed by atoms with Crippen LogP contribution >= 0.6 is 11.6 Å². The molecule has 132 valence electrons. The molecule has 27 heavy (non-hydrogen) atoms. The second kappa shape index (κ2) is 7.39. The molecular formula is C20H14ClN5O. The monoisotopic (exact) mass is 375 g/mol. The number of amides is 1. The highest BCUT2D eigenvalue weighted by atomic mass is 35.5. The van der Waals surface area contributed by atoms with Gasteiger partial charge in [0.2, 0.25) is 5.91 Å². The fraction of sp³-hybridized carbons (Fsp3) is 0. The number of anilines is 1. The van der Waals surface area contributed by atoms with Gasteiger partial charge in [-0.1, -0.05) is 48.0 Å². The Morgan fingerprint density at radius 3 is 2.70 bits per heavy atom. The Morgan fingerprint density at radius 1 is 1.04 bits per heavy atom. The number of carbonyl (C=O) groups is 1. The highest BCUT2D eigenvalue weighted by Crippen LogP contribution is 2.28. The van der Waals surface area contributed by atoms with Crippen LogP contribution in [0, 0.1) is 0 Å². The van der Waals surface area contributed by atoms with Crippen LogP contribution in [-0.2, 0) is 4.79 Å². The number of hydrogen-bond acceptors (Lipinski definition) is 4. The summed E-state index contributed by atoms with van der Waals surface area (Å²) in [4.78, 5) is 12.4. The van der Waals surface area contributed by atoms with Crippen molar-refractivity contribution in [2.45, 2.75) is 0 Å². The number of nitrogens with one attached hydrogen (secondary N) is 2. The number of aromatic nitrogens is 4. The summed E-state index contributed by atoms with van der Waals surface area (Å²) in [5.74, 6) is 0.166. The number of carbonyl (C=O) groups excluding carboxylic acids is 1. The first-order valence-corrected chi connectivity index (χ1v) is 8.58. The van der Waals surface area contributed by atoms with Crippen molar-refractivity contribution < 1.29 is 4.79 Å². The number of halogens is 1. The van der Waals surface area contributed by atoms with Crippen LogP contribution < -0.4 is 5.32 Å². The Morgan fingerprint density at radius 2 is 1.89 bits per heavy atom. The second-order valence-corrected chi connectivity index (χ2v) is 6.31. The number of nitrogens with zero attached hydrogens (tertiary/aromatic N) is 3. The molecule has 1 heterocycles. The van der Waals surface area contributed by atoms with Crippen molar-refractivity contribution in [1.29, 1.82) is 0 Å². The smallest absolute Gasteiger partial charge is 0.248 e. The Labute approximate surface area is 159 Å². The molecule has 0 saturated carbocycles.